The van der Waals surface area contributed by atoms with Gasteiger partial charge in [-0.25, -0.2) is 9.37 Å². The largest absolute Gasteiger partial charge is 0.436 e. The Kier molecular flexibility index (Phi) is 8.41. The van der Waals surface area contributed by atoms with Gasteiger partial charge in [0.05, 0.1) is 11.6 Å². The van der Waals surface area contributed by atoms with E-state index in [1.165, 1.54) is 4.90 Å². The molecular formula is C22H30F4N4O. The van der Waals surface area contributed by atoms with Crippen LogP contribution >= 0.6 is 0 Å². The van der Waals surface area contributed by atoms with E-state index < -0.39 is 29.2 Å². The summed E-state index contributed by atoms with van der Waals surface area (Å²) in [6.45, 7) is 8.67. The quantitative estimate of drug-likeness (QED) is 0.626. The molecule has 2 aliphatic heterocycles. The van der Waals surface area contributed by atoms with Crippen molar-refractivity contribution in [1.29, 1.82) is 5.26 Å². The predicted molar refractivity (Wildman–Crippen MR) is 109 cm³/mol. The fourth-order valence-electron chi connectivity index (χ4n) is 4.21. The Morgan fingerprint density at radius 2 is 1.81 bits per heavy atom. The topological polar surface area (TPSA) is 60.2 Å². The summed E-state index contributed by atoms with van der Waals surface area (Å²) in [4.78, 5) is 19.4. The summed E-state index contributed by atoms with van der Waals surface area (Å²) in [5.74, 6) is -2.34. The molecule has 0 spiro atoms. The van der Waals surface area contributed by atoms with Crippen LogP contribution in [0.15, 0.2) is 12.3 Å². The minimum atomic E-state index is -4.94. The van der Waals surface area contributed by atoms with Crippen LogP contribution in [-0.4, -0.2) is 52.9 Å². The SMILES string of the molecule is CC.CC1(CC#N)CCN(C2CCN(C(=O)c3ccnc(C(F)(F)F)c3F)CC2)CC1. The second kappa shape index (κ2) is 10.4. The number of piperidine rings is 2. The number of carbonyl (C=O) groups is 1. The van der Waals surface area contributed by atoms with Gasteiger partial charge in [0.1, 0.15) is 0 Å². The van der Waals surface area contributed by atoms with E-state index >= 15 is 0 Å². The molecular weight excluding hydrogens is 412 g/mol. The highest BCUT2D eigenvalue weighted by molar-refractivity contribution is 5.94. The number of likely N-dealkylation sites (tertiary alicyclic amines) is 2. The van der Waals surface area contributed by atoms with E-state index in [0.717, 1.165) is 38.2 Å². The number of aromatic nitrogens is 1. The van der Waals surface area contributed by atoms with Crippen molar-refractivity contribution in [1.82, 2.24) is 14.8 Å². The maximum Gasteiger partial charge on any atom is 0.436 e. The minimum absolute atomic E-state index is 0.0526. The van der Waals surface area contributed by atoms with E-state index in [2.05, 4.69) is 22.9 Å². The molecule has 9 heteroatoms. The van der Waals surface area contributed by atoms with Crippen LogP contribution in [0.1, 0.15) is 68.9 Å². The molecule has 31 heavy (non-hydrogen) atoms. The van der Waals surface area contributed by atoms with E-state index in [0.29, 0.717) is 38.4 Å². The van der Waals surface area contributed by atoms with Crippen LogP contribution in [0.3, 0.4) is 0 Å². The molecule has 3 rings (SSSR count). The van der Waals surface area contributed by atoms with Crippen LogP contribution in [0.2, 0.25) is 0 Å². The number of halogens is 4. The molecule has 1 aromatic rings. The first-order valence-electron chi connectivity index (χ1n) is 10.8. The van der Waals surface area contributed by atoms with Gasteiger partial charge in [-0.05, 0) is 50.3 Å². The first kappa shape index (κ1) is 25.1. The fraction of sp³-hybridized carbons (Fsp3) is 0.682. The molecule has 5 nitrogen and oxygen atoms in total. The molecule has 0 bridgehead atoms. The van der Waals surface area contributed by atoms with Crippen molar-refractivity contribution in [2.24, 2.45) is 5.41 Å². The van der Waals surface area contributed by atoms with Gasteiger partial charge in [-0.1, -0.05) is 20.8 Å². The average Bonchev–Trinajstić information content (AvgIpc) is 2.75. The average molecular weight is 443 g/mol. The van der Waals surface area contributed by atoms with Gasteiger partial charge in [-0.3, -0.25) is 4.79 Å². The second-order valence-corrected chi connectivity index (χ2v) is 8.22. The number of amides is 1. The van der Waals surface area contributed by atoms with E-state index in [1.807, 2.05) is 13.8 Å². The number of pyridine rings is 1. The highest BCUT2D eigenvalue weighted by Gasteiger charge is 2.39. The monoisotopic (exact) mass is 442 g/mol. The van der Waals surface area contributed by atoms with Gasteiger partial charge in [0.2, 0.25) is 0 Å². The van der Waals surface area contributed by atoms with E-state index in [-0.39, 0.29) is 5.41 Å². The molecule has 0 saturated carbocycles. The molecule has 0 radical (unpaired) electrons. The van der Waals surface area contributed by atoms with Gasteiger partial charge in [-0.2, -0.15) is 18.4 Å². The highest BCUT2D eigenvalue weighted by atomic mass is 19.4. The van der Waals surface area contributed by atoms with Crippen molar-refractivity contribution in [3.63, 3.8) is 0 Å². The fourth-order valence-corrected chi connectivity index (χ4v) is 4.21. The lowest BCUT2D eigenvalue weighted by Gasteiger charge is -2.44. The van der Waals surface area contributed by atoms with Gasteiger partial charge < -0.3 is 9.80 Å². The third-order valence-electron chi connectivity index (χ3n) is 6.17. The maximum absolute atomic E-state index is 14.2. The van der Waals surface area contributed by atoms with Crippen LogP contribution < -0.4 is 0 Å². The zero-order chi connectivity index (χ0) is 23.2. The Bertz CT molecular complexity index is 790. The Morgan fingerprint density at radius 3 is 2.32 bits per heavy atom. The smallest absolute Gasteiger partial charge is 0.338 e. The van der Waals surface area contributed by atoms with Gasteiger partial charge in [-0.15, -0.1) is 0 Å². The summed E-state index contributed by atoms with van der Waals surface area (Å²) in [5, 5.41) is 8.96. The number of nitriles is 1. The van der Waals surface area contributed by atoms with E-state index in [4.69, 9.17) is 5.26 Å². The zero-order valence-electron chi connectivity index (χ0n) is 18.3. The first-order valence-corrected chi connectivity index (χ1v) is 10.8. The van der Waals surface area contributed by atoms with E-state index in [1.54, 1.807) is 0 Å². The molecule has 0 aliphatic carbocycles. The lowest BCUT2D eigenvalue weighted by molar-refractivity contribution is -0.143. The molecule has 0 unspecified atom stereocenters. The van der Waals surface area contributed by atoms with Crippen molar-refractivity contribution < 1.29 is 22.4 Å². The molecule has 2 aliphatic rings. The van der Waals surface area contributed by atoms with Gasteiger partial charge >= 0.3 is 6.18 Å². The molecule has 2 saturated heterocycles. The van der Waals surface area contributed by atoms with Crippen molar-refractivity contribution in [2.45, 2.75) is 65.1 Å². The normalized spacial score (nSPS) is 19.9. The third kappa shape index (κ3) is 5.94. The van der Waals surface area contributed by atoms with Crippen molar-refractivity contribution in [3.8, 4) is 6.07 Å². The summed E-state index contributed by atoms with van der Waals surface area (Å²) in [7, 11) is 0. The summed E-state index contributed by atoms with van der Waals surface area (Å²) in [6.07, 6.45) is -0.298. The summed E-state index contributed by atoms with van der Waals surface area (Å²) in [6, 6.07) is 3.55. The first-order chi connectivity index (χ1) is 14.6. The van der Waals surface area contributed by atoms with Crippen LogP contribution in [0.5, 0.6) is 0 Å². The van der Waals surface area contributed by atoms with Crippen LogP contribution in [0, 0.1) is 22.6 Å². The second-order valence-electron chi connectivity index (χ2n) is 8.22. The molecule has 0 N–H and O–H groups in total. The lowest BCUT2D eigenvalue weighted by Crippen LogP contribution is -2.50. The summed E-state index contributed by atoms with van der Waals surface area (Å²) in [5.41, 5.74) is -2.19. The Hall–Kier alpha value is -2.21. The van der Waals surface area contributed by atoms with Gasteiger partial charge in [0, 0.05) is 31.7 Å². The lowest BCUT2D eigenvalue weighted by atomic mass is 9.77. The minimum Gasteiger partial charge on any atom is -0.338 e. The third-order valence-corrected chi connectivity index (χ3v) is 6.17. The van der Waals surface area contributed by atoms with Crippen LogP contribution in [-0.2, 0) is 6.18 Å². The van der Waals surface area contributed by atoms with Crippen molar-refractivity contribution >= 4 is 5.91 Å². The summed E-state index contributed by atoms with van der Waals surface area (Å²) >= 11 is 0. The number of nitrogens with zero attached hydrogens (tertiary/aromatic N) is 4. The standard InChI is InChI=1S/C20H24F4N4O.C2H6/c1-19(5-8-25)6-12-27(13-7-19)14-3-10-28(11-4-14)18(29)15-2-9-26-17(16(15)21)20(22,23)24;1-2/h2,9,14H,3-7,10-13H2,1H3;1-2H3. The molecule has 172 valence electrons. The molecule has 0 atom stereocenters. The number of carbonyl (C=O) groups excluding carboxylic acids is 1. The van der Waals surface area contributed by atoms with Crippen LogP contribution in [0.25, 0.3) is 0 Å². The molecule has 2 fully saturated rings. The van der Waals surface area contributed by atoms with Crippen molar-refractivity contribution in [2.75, 3.05) is 26.2 Å². The Balaban J connectivity index is 0.00000166. The Labute approximate surface area is 181 Å². The van der Waals surface area contributed by atoms with Gasteiger partial charge in [0.25, 0.3) is 5.91 Å². The Morgan fingerprint density at radius 1 is 1.23 bits per heavy atom. The van der Waals surface area contributed by atoms with Gasteiger partial charge in [0.15, 0.2) is 11.5 Å². The summed E-state index contributed by atoms with van der Waals surface area (Å²) < 4.78 is 52.7. The van der Waals surface area contributed by atoms with E-state index in [9.17, 15) is 22.4 Å². The molecule has 3 heterocycles. The highest BCUT2D eigenvalue weighted by Crippen LogP contribution is 2.36. The number of hydrogen-bond donors (Lipinski definition) is 0. The molecule has 0 aromatic carbocycles. The predicted octanol–water partition coefficient (Wildman–Crippen LogP) is 4.89. The van der Waals surface area contributed by atoms with Crippen molar-refractivity contribution in [3.05, 3.63) is 29.3 Å². The zero-order valence-corrected chi connectivity index (χ0v) is 18.3. The molecule has 1 aromatic heterocycles. The number of hydrogen-bond acceptors (Lipinski definition) is 4. The number of rotatable bonds is 3. The van der Waals surface area contributed by atoms with Crippen LogP contribution in [0.4, 0.5) is 17.6 Å². The molecule has 1 amide bonds. The number of alkyl halides is 3. The maximum atomic E-state index is 14.2.